The second-order valence-corrected chi connectivity index (χ2v) is 7.04. The maximum absolute atomic E-state index is 11.5. The lowest BCUT2D eigenvalue weighted by molar-refractivity contribution is -0.110. The highest BCUT2D eigenvalue weighted by Gasteiger charge is 2.00. The van der Waals surface area contributed by atoms with Gasteiger partial charge in [-0.05, 0) is 20.3 Å². The van der Waals surface area contributed by atoms with Crippen molar-refractivity contribution in [2.45, 2.75) is 91.4 Å². The summed E-state index contributed by atoms with van der Waals surface area (Å²) in [5, 5.41) is 0.321. The molecule has 118 valence electrons. The van der Waals surface area contributed by atoms with Gasteiger partial charge in [0.25, 0.3) is 0 Å². The van der Waals surface area contributed by atoms with Gasteiger partial charge in [0, 0.05) is 12.2 Å². The summed E-state index contributed by atoms with van der Waals surface area (Å²) in [6, 6.07) is 0. The van der Waals surface area contributed by atoms with E-state index in [1.54, 1.807) is 0 Å². The summed E-state index contributed by atoms with van der Waals surface area (Å²) in [7, 11) is 0. The molecule has 0 aliphatic rings. The lowest BCUT2D eigenvalue weighted by Gasteiger charge is -2.02. The Balaban J connectivity index is 3.16. The van der Waals surface area contributed by atoms with Crippen LogP contribution < -0.4 is 0 Å². The third kappa shape index (κ3) is 15.8. The van der Waals surface area contributed by atoms with Gasteiger partial charge < -0.3 is 0 Å². The van der Waals surface area contributed by atoms with E-state index in [0.717, 1.165) is 5.75 Å². The molecule has 0 aliphatic carbocycles. The number of unbranched alkanes of at least 4 members (excludes halogenated alkanes) is 9. The van der Waals surface area contributed by atoms with Crippen LogP contribution in [0.3, 0.4) is 0 Å². The molecule has 0 saturated heterocycles. The molecule has 0 saturated carbocycles. The minimum Gasteiger partial charge on any atom is -0.287 e. The molecule has 0 N–H and O–H groups in total. The van der Waals surface area contributed by atoms with E-state index in [0.29, 0.717) is 11.5 Å². The summed E-state index contributed by atoms with van der Waals surface area (Å²) in [6.07, 6.45) is 16.2. The van der Waals surface area contributed by atoms with Crippen molar-refractivity contribution >= 4 is 16.9 Å². The lowest BCUT2D eigenvalue weighted by Crippen LogP contribution is -1.92. The zero-order valence-electron chi connectivity index (χ0n) is 13.9. The van der Waals surface area contributed by atoms with E-state index >= 15 is 0 Å². The van der Waals surface area contributed by atoms with E-state index in [4.69, 9.17) is 0 Å². The number of rotatable bonds is 13. The van der Waals surface area contributed by atoms with Crippen LogP contribution in [0.2, 0.25) is 0 Å². The van der Waals surface area contributed by atoms with Gasteiger partial charge in [-0.15, -0.1) is 0 Å². The lowest BCUT2D eigenvalue weighted by atomic mass is 10.1. The highest BCUT2D eigenvalue weighted by molar-refractivity contribution is 8.13. The first-order valence-corrected chi connectivity index (χ1v) is 9.44. The normalized spacial score (nSPS) is 10.6. The Labute approximate surface area is 131 Å². The Morgan fingerprint density at radius 3 is 1.85 bits per heavy atom. The number of thioether (sulfide) groups is 1. The standard InChI is InChI=1S/C18H34OS/c1-4-5-6-7-8-9-10-11-12-13-16-20-18(19)15-14-17(2)3/h14H,4-13,15-16H2,1-3H3. The van der Waals surface area contributed by atoms with Crippen molar-refractivity contribution in [3.63, 3.8) is 0 Å². The van der Waals surface area contributed by atoms with Crippen molar-refractivity contribution in [3.8, 4) is 0 Å². The van der Waals surface area contributed by atoms with Gasteiger partial charge >= 0.3 is 0 Å². The zero-order valence-corrected chi connectivity index (χ0v) is 14.7. The maximum Gasteiger partial charge on any atom is 0.192 e. The van der Waals surface area contributed by atoms with Crippen LogP contribution in [-0.4, -0.2) is 10.9 Å². The van der Waals surface area contributed by atoms with E-state index in [1.807, 2.05) is 19.9 Å². The Morgan fingerprint density at radius 1 is 0.850 bits per heavy atom. The molecule has 0 unspecified atom stereocenters. The third-order valence-electron chi connectivity index (χ3n) is 3.44. The smallest absolute Gasteiger partial charge is 0.192 e. The average Bonchev–Trinajstić information content (AvgIpc) is 2.42. The number of carbonyl (C=O) groups excluding carboxylic acids is 1. The van der Waals surface area contributed by atoms with Gasteiger partial charge in [0.1, 0.15) is 0 Å². The van der Waals surface area contributed by atoms with Crippen molar-refractivity contribution in [3.05, 3.63) is 11.6 Å². The van der Waals surface area contributed by atoms with E-state index in [9.17, 15) is 4.79 Å². The Hall–Kier alpha value is -0.240. The molecule has 0 aromatic carbocycles. The Kier molecular flexibility index (Phi) is 15.0. The van der Waals surface area contributed by atoms with E-state index < -0.39 is 0 Å². The Bertz CT molecular complexity index is 254. The molecule has 0 radical (unpaired) electrons. The van der Waals surface area contributed by atoms with Gasteiger partial charge in [0.2, 0.25) is 0 Å². The number of hydrogen-bond acceptors (Lipinski definition) is 2. The maximum atomic E-state index is 11.5. The molecule has 0 rings (SSSR count). The van der Waals surface area contributed by atoms with Gasteiger partial charge in [-0.2, -0.15) is 0 Å². The van der Waals surface area contributed by atoms with Crippen LogP contribution in [-0.2, 0) is 4.79 Å². The van der Waals surface area contributed by atoms with Gasteiger partial charge in [0.05, 0.1) is 0 Å². The van der Waals surface area contributed by atoms with Crippen LogP contribution in [0.25, 0.3) is 0 Å². The zero-order chi connectivity index (χ0) is 15.1. The highest BCUT2D eigenvalue weighted by atomic mass is 32.2. The number of carbonyl (C=O) groups is 1. The summed E-state index contributed by atoms with van der Waals surface area (Å²) in [5.74, 6) is 1.01. The largest absolute Gasteiger partial charge is 0.287 e. The molecular formula is C18H34OS. The summed E-state index contributed by atoms with van der Waals surface area (Å²) in [6.45, 7) is 6.35. The van der Waals surface area contributed by atoms with Gasteiger partial charge in [-0.3, -0.25) is 4.79 Å². The summed E-state index contributed by atoms with van der Waals surface area (Å²) in [4.78, 5) is 11.5. The molecule has 0 aliphatic heterocycles. The molecule has 0 spiro atoms. The monoisotopic (exact) mass is 298 g/mol. The predicted octanol–water partition coefficient (Wildman–Crippen LogP) is 6.52. The second-order valence-electron chi connectivity index (χ2n) is 5.89. The van der Waals surface area contributed by atoms with E-state index in [1.165, 1.54) is 81.5 Å². The van der Waals surface area contributed by atoms with Crippen molar-refractivity contribution in [2.75, 3.05) is 5.75 Å². The quantitative estimate of drug-likeness (QED) is 0.284. The van der Waals surface area contributed by atoms with Crippen LogP contribution in [0.1, 0.15) is 91.4 Å². The molecular weight excluding hydrogens is 264 g/mol. The second kappa shape index (κ2) is 15.2. The van der Waals surface area contributed by atoms with Crippen molar-refractivity contribution in [2.24, 2.45) is 0 Å². The minimum atomic E-state index is 0.321. The SMILES string of the molecule is CCCCCCCCCCCCSC(=O)CC=C(C)C. The average molecular weight is 299 g/mol. The fourth-order valence-electron chi connectivity index (χ4n) is 2.12. The van der Waals surface area contributed by atoms with Crippen LogP contribution >= 0.6 is 11.8 Å². The van der Waals surface area contributed by atoms with Gasteiger partial charge in [-0.1, -0.05) is 88.1 Å². The first-order chi connectivity index (χ1) is 9.66. The summed E-state index contributed by atoms with van der Waals surface area (Å²) < 4.78 is 0. The predicted molar refractivity (Wildman–Crippen MR) is 93.4 cm³/mol. The minimum absolute atomic E-state index is 0.321. The first-order valence-electron chi connectivity index (χ1n) is 8.45. The molecule has 0 amide bonds. The van der Waals surface area contributed by atoms with Crippen LogP contribution in [0, 0.1) is 0 Å². The van der Waals surface area contributed by atoms with E-state index in [-0.39, 0.29) is 0 Å². The molecule has 0 bridgehead atoms. The molecule has 0 fully saturated rings. The first kappa shape index (κ1) is 19.8. The van der Waals surface area contributed by atoms with E-state index in [2.05, 4.69) is 6.92 Å². The number of hydrogen-bond donors (Lipinski definition) is 0. The molecule has 0 heterocycles. The van der Waals surface area contributed by atoms with Crippen molar-refractivity contribution in [1.82, 2.24) is 0 Å². The summed E-state index contributed by atoms with van der Waals surface area (Å²) in [5.41, 5.74) is 1.23. The third-order valence-corrected chi connectivity index (χ3v) is 4.42. The molecule has 1 nitrogen and oxygen atoms in total. The van der Waals surface area contributed by atoms with Crippen LogP contribution in [0.5, 0.6) is 0 Å². The molecule has 0 aromatic rings. The van der Waals surface area contributed by atoms with Gasteiger partial charge in [0.15, 0.2) is 5.12 Å². The van der Waals surface area contributed by atoms with Crippen molar-refractivity contribution in [1.29, 1.82) is 0 Å². The Morgan fingerprint density at radius 2 is 1.35 bits per heavy atom. The summed E-state index contributed by atoms with van der Waals surface area (Å²) >= 11 is 1.51. The number of allylic oxidation sites excluding steroid dienone is 2. The molecule has 0 aromatic heterocycles. The molecule has 20 heavy (non-hydrogen) atoms. The fourth-order valence-corrected chi connectivity index (χ4v) is 2.90. The van der Waals surface area contributed by atoms with Gasteiger partial charge in [-0.25, -0.2) is 0 Å². The fraction of sp³-hybridized carbons (Fsp3) is 0.833. The molecule has 0 atom stereocenters. The molecule has 2 heteroatoms. The van der Waals surface area contributed by atoms with Crippen LogP contribution in [0.15, 0.2) is 11.6 Å². The van der Waals surface area contributed by atoms with Crippen molar-refractivity contribution < 1.29 is 4.79 Å². The highest BCUT2D eigenvalue weighted by Crippen LogP contribution is 2.14. The topological polar surface area (TPSA) is 17.1 Å². The van der Waals surface area contributed by atoms with Crippen LogP contribution in [0.4, 0.5) is 0 Å².